The Bertz CT molecular complexity index is 1110. The first-order chi connectivity index (χ1) is 15.4. The quantitative estimate of drug-likeness (QED) is 0.622. The van der Waals surface area contributed by atoms with Crippen molar-refractivity contribution in [1.29, 1.82) is 0 Å². The fourth-order valence-corrected chi connectivity index (χ4v) is 5.64. The number of methoxy groups -OCH3 is 1. The monoisotopic (exact) mass is 478 g/mol. The minimum atomic E-state index is -3.51. The largest absolute Gasteiger partial charge is 0.465 e. The van der Waals surface area contributed by atoms with Crippen molar-refractivity contribution in [3.8, 4) is 11.5 Å². The lowest BCUT2D eigenvalue weighted by molar-refractivity contribution is 0.0504. The SMILES string of the molecule is COC(=O)c1ccc(-c2nc(CS(=O)(=O)[C@H]3CC[C@H](NC(=O)OC(C)(C)C)C3)c(C)o2)cc1. The molecule has 9 nitrogen and oxygen atoms in total. The Morgan fingerprint density at radius 3 is 2.45 bits per heavy atom. The molecule has 0 spiro atoms. The van der Waals surface area contributed by atoms with Gasteiger partial charge in [-0.25, -0.2) is 23.0 Å². The molecule has 1 aromatic heterocycles. The number of hydrogen-bond acceptors (Lipinski definition) is 8. The second-order valence-electron chi connectivity index (χ2n) is 9.18. The van der Waals surface area contributed by atoms with Crippen molar-refractivity contribution in [3.63, 3.8) is 0 Å². The van der Waals surface area contributed by atoms with Crippen LogP contribution in [0.1, 0.15) is 61.8 Å². The molecule has 2 atom stereocenters. The number of benzene rings is 1. The van der Waals surface area contributed by atoms with Gasteiger partial charge in [-0.15, -0.1) is 0 Å². The van der Waals surface area contributed by atoms with Gasteiger partial charge in [0.25, 0.3) is 0 Å². The van der Waals surface area contributed by atoms with Gasteiger partial charge < -0.3 is 19.2 Å². The van der Waals surface area contributed by atoms with Crippen molar-refractivity contribution in [2.75, 3.05) is 7.11 Å². The van der Waals surface area contributed by atoms with Crippen LogP contribution in [0.3, 0.4) is 0 Å². The second-order valence-corrected chi connectivity index (χ2v) is 11.5. The van der Waals surface area contributed by atoms with Gasteiger partial charge >= 0.3 is 12.1 Å². The number of hydrogen-bond donors (Lipinski definition) is 1. The normalized spacial score (nSPS) is 18.7. The van der Waals surface area contributed by atoms with E-state index in [4.69, 9.17) is 9.15 Å². The summed E-state index contributed by atoms with van der Waals surface area (Å²) in [5.74, 6) is 0.0110. The lowest BCUT2D eigenvalue weighted by atomic mass is 10.1. The summed E-state index contributed by atoms with van der Waals surface area (Å²) < 4.78 is 41.7. The summed E-state index contributed by atoms with van der Waals surface area (Å²) in [6.45, 7) is 7.00. The van der Waals surface area contributed by atoms with E-state index in [2.05, 4.69) is 15.0 Å². The molecule has 0 saturated heterocycles. The number of ether oxygens (including phenoxy) is 2. The van der Waals surface area contributed by atoms with E-state index in [0.29, 0.717) is 41.8 Å². The van der Waals surface area contributed by atoms with Gasteiger partial charge in [-0.3, -0.25) is 0 Å². The minimum Gasteiger partial charge on any atom is -0.465 e. The third-order valence-electron chi connectivity index (χ3n) is 5.40. The highest BCUT2D eigenvalue weighted by Crippen LogP contribution is 2.30. The maximum atomic E-state index is 13.0. The van der Waals surface area contributed by atoms with E-state index in [1.54, 1.807) is 52.0 Å². The van der Waals surface area contributed by atoms with E-state index in [-0.39, 0.29) is 17.7 Å². The number of amides is 1. The van der Waals surface area contributed by atoms with E-state index in [0.717, 1.165) is 0 Å². The van der Waals surface area contributed by atoms with Gasteiger partial charge in [0.1, 0.15) is 11.4 Å². The molecule has 1 aliphatic rings. The van der Waals surface area contributed by atoms with Crippen LogP contribution in [0.4, 0.5) is 4.79 Å². The summed E-state index contributed by atoms with van der Waals surface area (Å²) in [5, 5.41) is 2.19. The van der Waals surface area contributed by atoms with E-state index < -0.39 is 32.8 Å². The maximum absolute atomic E-state index is 13.0. The Morgan fingerprint density at radius 2 is 1.85 bits per heavy atom. The Hall–Kier alpha value is -2.88. The van der Waals surface area contributed by atoms with E-state index in [9.17, 15) is 18.0 Å². The smallest absolute Gasteiger partial charge is 0.407 e. The highest BCUT2D eigenvalue weighted by Gasteiger charge is 2.36. The zero-order valence-corrected chi connectivity index (χ0v) is 20.3. The first-order valence-corrected chi connectivity index (χ1v) is 12.5. The van der Waals surface area contributed by atoms with Crippen LogP contribution in [0.25, 0.3) is 11.5 Å². The van der Waals surface area contributed by atoms with Crippen molar-refractivity contribution < 1.29 is 31.9 Å². The van der Waals surface area contributed by atoms with Crippen molar-refractivity contribution in [2.24, 2.45) is 0 Å². The molecule has 3 rings (SSSR count). The van der Waals surface area contributed by atoms with Crippen LogP contribution < -0.4 is 5.32 Å². The van der Waals surface area contributed by atoms with E-state index in [1.807, 2.05) is 0 Å². The number of esters is 1. The van der Waals surface area contributed by atoms with E-state index in [1.165, 1.54) is 7.11 Å². The van der Waals surface area contributed by atoms with Crippen LogP contribution in [-0.4, -0.2) is 49.5 Å². The van der Waals surface area contributed by atoms with Gasteiger partial charge in [0.05, 0.1) is 29.4 Å². The lowest BCUT2D eigenvalue weighted by Gasteiger charge is -2.21. The molecule has 1 fully saturated rings. The van der Waals surface area contributed by atoms with E-state index >= 15 is 0 Å². The Morgan fingerprint density at radius 1 is 1.18 bits per heavy atom. The number of aromatic nitrogens is 1. The first-order valence-electron chi connectivity index (χ1n) is 10.7. The maximum Gasteiger partial charge on any atom is 0.407 e. The van der Waals surface area contributed by atoms with Gasteiger partial charge in [0.15, 0.2) is 9.84 Å². The fraction of sp³-hybridized carbons (Fsp3) is 0.522. The highest BCUT2D eigenvalue weighted by atomic mass is 32.2. The third-order valence-corrected chi connectivity index (χ3v) is 7.52. The van der Waals surface area contributed by atoms with Gasteiger partial charge in [-0.2, -0.15) is 0 Å². The summed E-state index contributed by atoms with van der Waals surface area (Å²) in [7, 11) is -2.20. The molecule has 0 unspecified atom stereocenters. The standard InChI is InChI=1S/C23H30N2O7S/c1-14-19(25-20(31-14)15-6-8-16(9-7-15)21(26)30-5)13-33(28,29)18-11-10-17(12-18)24-22(27)32-23(2,3)4/h6-9,17-18H,10-13H2,1-5H3,(H,24,27)/t17-,18-/m0/s1. The molecule has 33 heavy (non-hydrogen) atoms. The molecule has 10 heteroatoms. The molecule has 180 valence electrons. The first kappa shape index (κ1) is 24.8. The Balaban J connectivity index is 1.65. The number of oxazole rings is 1. The molecule has 1 heterocycles. The second kappa shape index (κ2) is 9.54. The van der Waals surface area contributed by atoms with Gasteiger partial charge in [0, 0.05) is 11.6 Å². The number of aryl methyl sites for hydroxylation is 1. The minimum absolute atomic E-state index is 0.244. The number of nitrogens with zero attached hydrogens (tertiary/aromatic N) is 1. The number of rotatable bonds is 6. The molecule has 1 aromatic carbocycles. The molecule has 0 radical (unpaired) electrons. The predicted octanol–water partition coefficient (Wildman–Crippen LogP) is 3.80. The summed E-state index contributed by atoms with van der Waals surface area (Å²) >= 11 is 0. The fourth-order valence-electron chi connectivity index (χ4n) is 3.73. The van der Waals surface area contributed by atoms with Crippen LogP contribution in [0.2, 0.25) is 0 Å². The van der Waals surface area contributed by atoms with Crippen LogP contribution >= 0.6 is 0 Å². The summed E-state index contributed by atoms with van der Waals surface area (Å²) in [4.78, 5) is 28.0. The zero-order chi connectivity index (χ0) is 24.4. The Kier molecular flexibility index (Phi) is 7.16. The average molecular weight is 479 g/mol. The van der Waals surface area contributed by atoms with Crippen LogP contribution in [0.5, 0.6) is 0 Å². The number of carbonyl (C=O) groups excluding carboxylic acids is 2. The number of sulfone groups is 1. The van der Waals surface area contributed by atoms with Crippen LogP contribution in [-0.2, 0) is 25.1 Å². The molecular formula is C23H30N2O7S. The molecule has 1 aliphatic carbocycles. The average Bonchev–Trinajstić information content (AvgIpc) is 3.33. The third kappa shape index (κ3) is 6.34. The van der Waals surface area contributed by atoms with Crippen molar-refractivity contribution in [3.05, 3.63) is 41.3 Å². The number of nitrogens with one attached hydrogen (secondary N) is 1. The molecule has 1 N–H and O–H groups in total. The summed E-state index contributed by atoms with van der Waals surface area (Å²) in [5.41, 5.74) is 0.751. The van der Waals surface area contributed by atoms with Crippen LogP contribution in [0.15, 0.2) is 28.7 Å². The molecular weight excluding hydrogens is 448 g/mol. The molecule has 0 bridgehead atoms. The predicted molar refractivity (Wildman–Crippen MR) is 121 cm³/mol. The Labute approximate surface area is 193 Å². The van der Waals surface area contributed by atoms with Gasteiger partial charge in [-0.1, -0.05) is 0 Å². The number of carbonyl (C=O) groups is 2. The van der Waals surface area contributed by atoms with Crippen molar-refractivity contribution in [2.45, 2.75) is 69.6 Å². The highest BCUT2D eigenvalue weighted by molar-refractivity contribution is 7.91. The zero-order valence-electron chi connectivity index (χ0n) is 19.5. The van der Waals surface area contributed by atoms with Gasteiger partial charge in [0.2, 0.25) is 5.89 Å². The number of alkyl carbamates (subject to hydrolysis) is 1. The molecule has 1 amide bonds. The molecule has 1 saturated carbocycles. The summed E-state index contributed by atoms with van der Waals surface area (Å²) in [6.07, 6.45) is 0.821. The molecule has 0 aliphatic heterocycles. The lowest BCUT2D eigenvalue weighted by Crippen LogP contribution is -2.38. The van der Waals surface area contributed by atoms with Crippen molar-refractivity contribution >= 4 is 21.9 Å². The topological polar surface area (TPSA) is 125 Å². The van der Waals surface area contributed by atoms with Gasteiger partial charge in [-0.05, 0) is 71.2 Å². The summed E-state index contributed by atoms with van der Waals surface area (Å²) in [6, 6.07) is 6.27. The van der Waals surface area contributed by atoms with Crippen LogP contribution in [0, 0.1) is 6.92 Å². The molecule has 2 aromatic rings. The van der Waals surface area contributed by atoms with Crippen molar-refractivity contribution in [1.82, 2.24) is 10.3 Å².